The fourth-order valence-electron chi connectivity index (χ4n) is 2.09. The number of hydrogen-bond donors (Lipinski definition) is 2. The maximum absolute atomic E-state index is 12.2. The summed E-state index contributed by atoms with van der Waals surface area (Å²) in [7, 11) is 0. The minimum Gasteiger partial charge on any atom is -0.399 e. The first-order chi connectivity index (χ1) is 9.47. The molecule has 3 nitrogen and oxygen atoms in total. The average Bonchev–Trinajstić information content (AvgIpc) is 2.39. The lowest BCUT2D eigenvalue weighted by Gasteiger charge is -2.10. The molecule has 3 N–H and O–H groups in total. The summed E-state index contributed by atoms with van der Waals surface area (Å²) < 4.78 is 0. The predicted molar refractivity (Wildman–Crippen MR) is 84.1 cm³/mol. The molecule has 0 aliphatic heterocycles. The highest BCUT2D eigenvalue weighted by molar-refractivity contribution is 6.05. The van der Waals surface area contributed by atoms with Crippen LogP contribution in [0.3, 0.4) is 0 Å². The van der Waals surface area contributed by atoms with Crippen molar-refractivity contribution in [1.82, 2.24) is 0 Å². The first kappa shape index (κ1) is 14.1. The van der Waals surface area contributed by atoms with Crippen molar-refractivity contribution in [3.05, 3.63) is 59.2 Å². The van der Waals surface area contributed by atoms with Crippen LogP contribution in [0, 0.1) is 6.92 Å². The topological polar surface area (TPSA) is 55.1 Å². The highest BCUT2D eigenvalue weighted by Crippen LogP contribution is 2.19. The van der Waals surface area contributed by atoms with Crippen molar-refractivity contribution in [2.24, 2.45) is 0 Å². The van der Waals surface area contributed by atoms with Gasteiger partial charge in [0.25, 0.3) is 5.91 Å². The number of nitrogens with two attached hydrogens (primary N) is 1. The number of benzene rings is 2. The number of carbonyl (C=O) groups is 1. The van der Waals surface area contributed by atoms with Gasteiger partial charge in [-0.3, -0.25) is 4.79 Å². The molecule has 0 atom stereocenters. The molecule has 0 saturated carbocycles. The lowest BCUT2D eigenvalue weighted by atomic mass is 10.0. The highest BCUT2D eigenvalue weighted by atomic mass is 16.1. The van der Waals surface area contributed by atoms with E-state index in [4.69, 9.17) is 5.73 Å². The summed E-state index contributed by atoms with van der Waals surface area (Å²) in [6, 6.07) is 13.2. The molecule has 0 aliphatic rings. The van der Waals surface area contributed by atoms with Gasteiger partial charge in [0.2, 0.25) is 0 Å². The molecule has 20 heavy (non-hydrogen) atoms. The number of carbonyl (C=O) groups excluding carboxylic acids is 1. The second-order valence-corrected chi connectivity index (χ2v) is 5.31. The van der Waals surface area contributed by atoms with Crippen LogP contribution in [0.1, 0.15) is 41.3 Å². The second-order valence-electron chi connectivity index (χ2n) is 5.31. The smallest absolute Gasteiger partial charge is 0.255 e. The Kier molecular flexibility index (Phi) is 4.08. The molecule has 104 valence electrons. The van der Waals surface area contributed by atoms with Crippen LogP contribution in [0.4, 0.5) is 11.4 Å². The summed E-state index contributed by atoms with van der Waals surface area (Å²) in [5.74, 6) is 0.374. The summed E-state index contributed by atoms with van der Waals surface area (Å²) in [6.45, 7) is 6.17. The third-order valence-corrected chi connectivity index (χ3v) is 3.33. The molecule has 0 aliphatic carbocycles. The predicted octanol–water partition coefficient (Wildman–Crippen LogP) is 3.95. The van der Waals surface area contributed by atoms with Crippen molar-refractivity contribution < 1.29 is 4.79 Å². The van der Waals surface area contributed by atoms with Gasteiger partial charge in [-0.2, -0.15) is 0 Å². The Bertz CT molecular complexity index is 615. The van der Waals surface area contributed by atoms with E-state index in [1.807, 2.05) is 31.2 Å². The van der Waals surface area contributed by atoms with Gasteiger partial charge in [-0.05, 0) is 54.3 Å². The fraction of sp³-hybridized carbons (Fsp3) is 0.235. The van der Waals surface area contributed by atoms with Crippen molar-refractivity contribution in [3.8, 4) is 0 Å². The van der Waals surface area contributed by atoms with E-state index in [1.54, 1.807) is 18.2 Å². The van der Waals surface area contributed by atoms with Gasteiger partial charge < -0.3 is 11.1 Å². The highest BCUT2D eigenvalue weighted by Gasteiger charge is 2.09. The standard InChI is InChI=1S/C17H20N2O/c1-11(2)13-4-7-15(8-5-13)19-17(20)16-9-6-14(18)10-12(16)3/h4-11H,18H2,1-3H3,(H,19,20). The lowest BCUT2D eigenvalue weighted by molar-refractivity contribution is 0.102. The van der Waals surface area contributed by atoms with Gasteiger partial charge in [-0.15, -0.1) is 0 Å². The number of nitrogen functional groups attached to an aromatic ring is 1. The minimum absolute atomic E-state index is 0.111. The third kappa shape index (κ3) is 3.18. The van der Waals surface area contributed by atoms with E-state index in [0.717, 1.165) is 11.3 Å². The summed E-state index contributed by atoms with van der Waals surface area (Å²) >= 11 is 0. The minimum atomic E-state index is -0.111. The zero-order valence-electron chi connectivity index (χ0n) is 12.1. The van der Waals surface area contributed by atoms with Crippen LogP contribution < -0.4 is 11.1 Å². The molecule has 0 saturated heterocycles. The lowest BCUT2D eigenvalue weighted by Crippen LogP contribution is -2.13. The van der Waals surface area contributed by atoms with Crippen molar-refractivity contribution in [2.45, 2.75) is 26.7 Å². The molecule has 2 aromatic carbocycles. The monoisotopic (exact) mass is 268 g/mol. The molecular weight excluding hydrogens is 248 g/mol. The van der Waals surface area contributed by atoms with E-state index in [-0.39, 0.29) is 5.91 Å². The van der Waals surface area contributed by atoms with E-state index >= 15 is 0 Å². The molecule has 0 radical (unpaired) electrons. The van der Waals surface area contributed by atoms with Crippen LogP contribution in [0.25, 0.3) is 0 Å². The van der Waals surface area contributed by atoms with Crippen LogP contribution in [0.5, 0.6) is 0 Å². The Morgan fingerprint density at radius 1 is 1.10 bits per heavy atom. The number of hydrogen-bond acceptors (Lipinski definition) is 2. The number of amides is 1. The number of nitrogens with one attached hydrogen (secondary N) is 1. The van der Waals surface area contributed by atoms with Crippen molar-refractivity contribution in [3.63, 3.8) is 0 Å². The first-order valence-electron chi connectivity index (χ1n) is 6.75. The van der Waals surface area contributed by atoms with Gasteiger partial charge in [0, 0.05) is 16.9 Å². The largest absolute Gasteiger partial charge is 0.399 e. The molecule has 3 heteroatoms. The van der Waals surface area contributed by atoms with Gasteiger partial charge in [0.05, 0.1) is 0 Å². The Morgan fingerprint density at radius 2 is 1.75 bits per heavy atom. The van der Waals surface area contributed by atoms with Gasteiger partial charge in [0.15, 0.2) is 0 Å². The molecule has 0 aromatic heterocycles. The van der Waals surface area contributed by atoms with Crippen LogP contribution in [0.2, 0.25) is 0 Å². The second kappa shape index (κ2) is 5.78. The van der Waals surface area contributed by atoms with Gasteiger partial charge in [0.1, 0.15) is 0 Å². The maximum atomic E-state index is 12.2. The molecular formula is C17H20N2O. The van der Waals surface area contributed by atoms with Crippen molar-refractivity contribution in [1.29, 1.82) is 0 Å². The molecule has 0 fully saturated rings. The first-order valence-corrected chi connectivity index (χ1v) is 6.75. The summed E-state index contributed by atoms with van der Waals surface area (Å²) in [5.41, 5.74) is 9.94. The van der Waals surface area contributed by atoms with E-state index < -0.39 is 0 Å². The summed E-state index contributed by atoms with van der Waals surface area (Å²) in [6.07, 6.45) is 0. The molecule has 2 rings (SSSR count). The zero-order chi connectivity index (χ0) is 14.7. The number of aryl methyl sites for hydroxylation is 1. The fourth-order valence-corrected chi connectivity index (χ4v) is 2.09. The molecule has 0 unspecified atom stereocenters. The summed E-state index contributed by atoms with van der Waals surface area (Å²) in [4.78, 5) is 12.2. The molecule has 2 aromatic rings. The van der Waals surface area contributed by atoms with E-state index in [9.17, 15) is 4.79 Å². The maximum Gasteiger partial charge on any atom is 0.255 e. The Labute approximate surface area is 119 Å². The van der Waals surface area contributed by atoms with E-state index in [0.29, 0.717) is 17.2 Å². The van der Waals surface area contributed by atoms with Crippen LogP contribution in [0.15, 0.2) is 42.5 Å². The van der Waals surface area contributed by atoms with E-state index in [2.05, 4.69) is 19.2 Å². The number of anilines is 2. The normalized spacial score (nSPS) is 10.6. The van der Waals surface area contributed by atoms with Crippen LogP contribution in [-0.2, 0) is 0 Å². The van der Waals surface area contributed by atoms with Gasteiger partial charge >= 0.3 is 0 Å². The van der Waals surface area contributed by atoms with Crippen LogP contribution in [-0.4, -0.2) is 5.91 Å². The SMILES string of the molecule is Cc1cc(N)ccc1C(=O)Nc1ccc(C(C)C)cc1. The number of rotatable bonds is 3. The van der Waals surface area contributed by atoms with Crippen molar-refractivity contribution in [2.75, 3.05) is 11.1 Å². The van der Waals surface area contributed by atoms with Gasteiger partial charge in [-0.1, -0.05) is 26.0 Å². The average molecular weight is 268 g/mol. The Hall–Kier alpha value is -2.29. The van der Waals surface area contributed by atoms with Crippen LogP contribution >= 0.6 is 0 Å². The van der Waals surface area contributed by atoms with E-state index in [1.165, 1.54) is 5.56 Å². The quantitative estimate of drug-likeness (QED) is 0.828. The Morgan fingerprint density at radius 3 is 2.30 bits per heavy atom. The third-order valence-electron chi connectivity index (χ3n) is 3.33. The zero-order valence-corrected chi connectivity index (χ0v) is 12.1. The van der Waals surface area contributed by atoms with Crippen molar-refractivity contribution >= 4 is 17.3 Å². The molecule has 0 bridgehead atoms. The Balaban J connectivity index is 2.15. The molecule has 1 amide bonds. The van der Waals surface area contributed by atoms with Gasteiger partial charge in [-0.25, -0.2) is 0 Å². The summed E-state index contributed by atoms with van der Waals surface area (Å²) in [5, 5.41) is 2.90. The molecule has 0 spiro atoms. The molecule has 0 heterocycles.